The molecule has 1 fully saturated rings. The minimum absolute atomic E-state index is 0.0836. The van der Waals surface area contributed by atoms with Crippen molar-refractivity contribution in [2.45, 2.75) is 42.0 Å². The van der Waals surface area contributed by atoms with Gasteiger partial charge in [0.25, 0.3) is 0 Å². The Morgan fingerprint density at radius 1 is 1.18 bits per heavy atom. The molecule has 2 heterocycles. The molecule has 7 heteroatoms. The zero-order chi connectivity index (χ0) is 19.7. The summed E-state index contributed by atoms with van der Waals surface area (Å²) in [6, 6.07) is 13.9. The Hall–Kier alpha value is -3.03. The Balaban J connectivity index is 1.56. The second-order valence-electron chi connectivity index (χ2n) is 7.03. The third-order valence-corrected chi connectivity index (χ3v) is 6.67. The Morgan fingerprint density at radius 3 is 2.75 bits per heavy atom. The number of carbonyl (C=O) groups is 1. The summed E-state index contributed by atoms with van der Waals surface area (Å²) in [5.41, 5.74) is 8.86. The molecule has 28 heavy (non-hydrogen) atoms. The minimum Gasteiger partial charge on any atom is -0.383 e. The Morgan fingerprint density at radius 2 is 1.96 bits per heavy atom. The largest absolute Gasteiger partial charge is 0.383 e. The second-order valence-corrected chi connectivity index (χ2v) is 8.22. The number of nitrogens with zero attached hydrogens (tertiary/aromatic N) is 4. The number of rotatable bonds is 3. The number of nitrogens with two attached hydrogens (primary N) is 1. The average Bonchev–Trinajstić information content (AvgIpc) is 3.08. The first-order valence-electron chi connectivity index (χ1n) is 9.28. The predicted molar refractivity (Wildman–Crippen MR) is 106 cm³/mol. The van der Waals surface area contributed by atoms with E-state index in [-0.39, 0.29) is 34.1 Å². The van der Waals surface area contributed by atoms with Gasteiger partial charge in [-0.2, -0.15) is 10.5 Å². The molecule has 4 rings (SSSR count). The van der Waals surface area contributed by atoms with Crippen LogP contribution in [0.25, 0.3) is 0 Å². The number of anilines is 1. The monoisotopic (exact) mass is 389 g/mol. The highest BCUT2D eigenvalue weighted by molar-refractivity contribution is 8.00. The number of hydrogen-bond donors (Lipinski definition) is 1. The van der Waals surface area contributed by atoms with E-state index in [0.29, 0.717) is 18.0 Å². The van der Waals surface area contributed by atoms with Gasteiger partial charge in [0.1, 0.15) is 23.0 Å². The van der Waals surface area contributed by atoms with Crippen molar-refractivity contribution >= 4 is 23.5 Å². The van der Waals surface area contributed by atoms with Crippen molar-refractivity contribution in [2.75, 3.05) is 12.3 Å². The van der Waals surface area contributed by atoms with E-state index in [4.69, 9.17) is 11.0 Å². The Bertz CT molecular complexity index is 1020. The lowest BCUT2D eigenvalue weighted by molar-refractivity contribution is -0.129. The fourth-order valence-electron chi connectivity index (χ4n) is 4.05. The van der Waals surface area contributed by atoms with Crippen LogP contribution in [0, 0.1) is 22.7 Å². The first-order chi connectivity index (χ1) is 13.6. The van der Waals surface area contributed by atoms with E-state index >= 15 is 0 Å². The molecular weight excluding hydrogens is 370 g/mol. The number of aryl methyl sites for hydroxylation is 1. The van der Waals surface area contributed by atoms with Crippen molar-refractivity contribution in [1.82, 2.24) is 9.88 Å². The number of pyridine rings is 1. The normalized spacial score (nSPS) is 21.1. The smallest absolute Gasteiger partial charge is 0.236 e. The number of amides is 1. The number of nitrogen functional groups attached to an aromatic ring is 1. The fourth-order valence-corrected chi connectivity index (χ4v) is 5.16. The third kappa shape index (κ3) is 3.19. The number of nitriles is 2. The summed E-state index contributed by atoms with van der Waals surface area (Å²) in [4.78, 5) is 19.3. The summed E-state index contributed by atoms with van der Waals surface area (Å²) >= 11 is 1.28. The topological polar surface area (TPSA) is 107 Å². The molecule has 2 N–H and O–H groups in total. The highest BCUT2D eigenvalue weighted by Gasteiger charge is 2.39. The molecule has 1 aliphatic carbocycles. The van der Waals surface area contributed by atoms with E-state index in [0.717, 1.165) is 19.3 Å². The van der Waals surface area contributed by atoms with E-state index in [2.05, 4.69) is 29.3 Å². The van der Waals surface area contributed by atoms with Crippen molar-refractivity contribution in [3.05, 3.63) is 52.6 Å². The second kappa shape index (κ2) is 7.53. The van der Waals surface area contributed by atoms with Gasteiger partial charge < -0.3 is 10.6 Å². The number of carbonyl (C=O) groups excluding carboxylic acids is 1. The molecule has 1 saturated heterocycles. The van der Waals surface area contributed by atoms with Crippen LogP contribution < -0.4 is 5.73 Å². The van der Waals surface area contributed by atoms with Crippen LogP contribution in [0.2, 0.25) is 0 Å². The fraction of sp³-hybridized carbons (Fsp3) is 0.333. The number of fused-ring (bicyclic) bond motifs is 1. The third-order valence-electron chi connectivity index (χ3n) is 5.42. The molecule has 2 unspecified atom stereocenters. The maximum atomic E-state index is 13.1. The standard InChI is InChI=1S/C21H19N5OS/c22-11-14-10-15(12-23)20(25-19(14)24)28-18-8-9-26(21(18)27)17-7-3-5-13-4-1-2-6-16(13)17/h1-2,4,6,10,17-18H,3,5,7-9H2,(H2,24,25). The van der Waals surface area contributed by atoms with E-state index < -0.39 is 0 Å². The van der Waals surface area contributed by atoms with Gasteiger partial charge in [0.05, 0.1) is 22.4 Å². The maximum absolute atomic E-state index is 13.1. The van der Waals surface area contributed by atoms with Gasteiger partial charge in [-0.1, -0.05) is 36.0 Å². The van der Waals surface area contributed by atoms with Crippen molar-refractivity contribution in [2.24, 2.45) is 0 Å². The molecule has 2 aliphatic rings. The van der Waals surface area contributed by atoms with Crippen LogP contribution in [0.15, 0.2) is 35.4 Å². The summed E-state index contributed by atoms with van der Waals surface area (Å²) < 4.78 is 0. The van der Waals surface area contributed by atoms with Crippen LogP contribution >= 0.6 is 11.8 Å². The van der Waals surface area contributed by atoms with Gasteiger partial charge in [-0.15, -0.1) is 0 Å². The number of benzene rings is 1. The van der Waals surface area contributed by atoms with Gasteiger partial charge in [-0.25, -0.2) is 4.98 Å². The van der Waals surface area contributed by atoms with Crippen LogP contribution in [-0.2, 0) is 11.2 Å². The van der Waals surface area contributed by atoms with E-state index in [9.17, 15) is 10.1 Å². The maximum Gasteiger partial charge on any atom is 0.236 e. The molecule has 0 bridgehead atoms. The van der Waals surface area contributed by atoms with Crippen molar-refractivity contribution < 1.29 is 4.79 Å². The Kier molecular flexibility index (Phi) is 4.93. The van der Waals surface area contributed by atoms with Gasteiger partial charge in [0, 0.05) is 6.54 Å². The molecule has 1 aromatic heterocycles. The summed E-state index contributed by atoms with van der Waals surface area (Å²) in [7, 11) is 0. The number of thioether (sulfide) groups is 1. The van der Waals surface area contributed by atoms with Gasteiger partial charge >= 0.3 is 0 Å². The lowest BCUT2D eigenvalue weighted by Gasteiger charge is -2.33. The molecule has 0 saturated carbocycles. The molecule has 1 aromatic carbocycles. The number of likely N-dealkylation sites (tertiary alicyclic amines) is 1. The molecule has 1 aliphatic heterocycles. The number of hydrogen-bond acceptors (Lipinski definition) is 6. The quantitative estimate of drug-likeness (QED) is 0.864. The Labute approximate surface area is 168 Å². The van der Waals surface area contributed by atoms with Gasteiger partial charge in [0.15, 0.2) is 0 Å². The average molecular weight is 389 g/mol. The highest BCUT2D eigenvalue weighted by atomic mass is 32.2. The molecule has 140 valence electrons. The van der Waals surface area contributed by atoms with Crippen LogP contribution in [0.3, 0.4) is 0 Å². The van der Waals surface area contributed by atoms with Crippen molar-refractivity contribution in [1.29, 1.82) is 10.5 Å². The molecule has 0 radical (unpaired) electrons. The van der Waals surface area contributed by atoms with Crippen molar-refractivity contribution in [3.63, 3.8) is 0 Å². The lowest BCUT2D eigenvalue weighted by atomic mass is 9.87. The SMILES string of the molecule is N#Cc1cc(C#N)c(SC2CCN(C3CCCc4ccccc43)C2=O)nc1N. The van der Waals surface area contributed by atoms with Gasteiger partial charge in [0.2, 0.25) is 5.91 Å². The summed E-state index contributed by atoms with van der Waals surface area (Å²) in [6.45, 7) is 0.698. The summed E-state index contributed by atoms with van der Waals surface area (Å²) in [5, 5.41) is 18.6. The molecular formula is C21H19N5OS. The first kappa shape index (κ1) is 18.3. The first-order valence-corrected chi connectivity index (χ1v) is 10.2. The summed E-state index contributed by atoms with van der Waals surface area (Å²) in [6.07, 6.45) is 3.82. The molecule has 1 amide bonds. The molecule has 2 atom stereocenters. The predicted octanol–water partition coefficient (Wildman–Crippen LogP) is 3.18. The van der Waals surface area contributed by atoms with Gasteiger partial charge in [-0.3, -0.25) is 4.79 Å². The van der Waals surface area contributed by atoms with E-state index in [1.165, 1.54) is 29.0 Å². The van der Waals surface area contributed by atoms with Crippen molar-refractivity contribution in [3.8, 4) is 12.1 Å². The molecule has 2 aromatic rings. The minimum atomic E-state index is -0.291. The zero-order valence-electron chi connectivity index (χ0n) is 15.3. The molecule has 0 spiro atoms. The van der Waals surface area contributed by atoms with E-state index in [1.807, 2.05) is 17.0 Å². The van der Waals surface area contributed by atoms with Crippen LogP contribution in [-0.4, -0.2) is 27.6 Å². The van der Waals surface area contributed by atoms with Crippen LogP contribution in [0.5, 0.6) is 0 Å². The molecule has 6 nitrogen and oxygen atoms in total. The van der Waals surface area contributed by atoms with Crippen LogP contribution in [0.4, 0.5) is 5.82 Å². The zero-order valence-corrected chi connectivity index (χ0v) is 16.1. The van der Waals surface area contributed by atoms with E-state index in [1.54, 1.807) is 0 Å². The van der Waals surface area contributed by atoms with Crippen LogP contribution in [0.1, 0.15) is 47.6 Å². The van der Waals surface area contributed by atoms with Gasteiger partial charge in [-0.05, 0) is 42.9 Å². The lowest BCUT2D eigenvalue weighted by Crippen LogP contribution is -2.34. The highest BCUT2D eigenvalue weighted by Crippen LogP contribution is 2.40. The summed E-state index contributed by atoms with van der Waals surface area (Å²) in [5.74, 6) is 0.174. The number of aromatic nitrogens is 1.